The molecule has 6 heteroatoms. The highest BCUT2D eigenvalue weighted by atomic mass is 32.1. The number of hydrogen-bond acceptors (Lipinski definition) is 5. The van der Waals surface area contributed by atoms with E-state index in [2.05, 4.69) is 15.3 Å². The quantitative estimate of drug-likeness (QED) is 0.886. The third-order valence-electron chi connectivity index (χ3n) is 2.40. The van der Waals surface area contributed by atoms with Gasteiger partial charge in [-0.2, -0.15) is 0 Å². The standard InChI is InChI=1S/C12H13N3O2S/c1-7-3-11(10(5-13-7)12(16)17)14-4-9-6-18-8(2)15-9/h3,5-6H,4H2,1-2H3,(H,13,14)(H,16,17). The molecule has 2 N–H and O–H groups in total. The first-order chi connectivity index (χ1) is 8.56. The number of rotatable bonds is 4. The first-order valence-electron chi connectivity index (χ1n) is 5.41. The maximum Gasteiger partial charge on any atom is 0.339 e. The molecule has 0 unspecified atom stereocenters. The molecular weight excluding hydrogens is 250 g/mol. The Morgan fingerprint density at radius 1 is 1.50 bits per heavy atom. The second-order valence-corrected chi connectivity index (χ2v) is 4.95. The van der Waals surface area contributed by atoms with E-state index in [1.54, 1.807) is 17.4 Å². The molecule has 0 fully saturated rings. The predicted molar refractivity (Wildman–Crippen MR) is 70.1 cm³/mol. The summed E-state index contributed by atoms with van der Waals surface area (Å²) in [6.07, 6.45) is 1.37. The first-order valence-corrected chi connectivity index (χ1v) is 6.29. The Morgan fingerprint density at radius 3 is 2.89 bits per heavy atom. The van der Waals surface area contributed by atoms with Crippen molar-refractivity contribution in [2.24, 2.45) is 0 Å². The molecule has 0 aliphatic rings. The summed E-state index contributed by atoms with van der Waals surface area (Å²) < 4.78 is 0. The van der Waals surface area contributed by atoms with Crippen molar-refractivity contribution in [3.8, 4) is 0 Å². The van der Waals surface area contributed by atoms with E-state index >= 15 is 0 Å². The maximum atomic E-state index is 11.1. The number of carbonyl (C=O) groups is 1. The number of carboxylic acids is 1. The number of aromatic nitrogens is 2. The number of pyridine rings is 1. The Labute approximate surface area is 109 Å². The number of carboxylic acid groups (broad SMARTS) is 1. The Kier molecular flexibility index (Phi) is 3.57. The van der Waals surface area contributed by atoms with E-state index in [1.807, 2.05) is 19.2 Å². The molecule has 0 saturated carbocycles. The van der Waals surface area contributed by atoms with Gasteiger partial charge < -0.3 is 10.4 Å². The summed E-state index contributed by atoms with van der Waals surface area (Å²) in [5, 5.41) is 15.1. The summed E-state index contributed by atoms with van der Waals surface area (Å²) in [5.74, 6) is -0.987. The fourth-order valence-electron chi connectivity index (χ4n) is 1.55. The highest BCUT2D eigenvalue weighted by Gasteiger charge is 2.11. The zero-order valence-corrected chi connectivity index (χ0v) is 10.9. The number of anilines is 1. The third kappa shape index (κ3) is 2.84. The molecule has 94 valence electrons. The van der Waals surface area contributed by atoms with Crippen LogP contribution in [0.2, 0.25) is 0 Å². The normalized spacial score (nSPS) is 10.3. The van der Waals surface area contributed by atoms with Crippen LogP contribution in [0.1, 0.15) is 26.8 Å². The minimum atomic E-state index is -0.987. The SMILES string of the molecule is Cc1cc(NCc2csc(C)n2)c(C(=O)O)cn1. The van der Waals surface area contributed by atoms with Crippen molar-refractivity contribution < 1.29 is 9.90 Å². The van der Waals surface area contributed by atoms with Crippen molar-refractivity contribution in [1.29, 1.82) is 0 Å². The number of aryl methyl sites for hydroxylation is 2. The molecule has 0 amide bonds. The van der Waals surface area contributed by atoms with Crippen LogP contribution in [0.4, 0.5) is 5.69 Å². The van der Waals surface area contributed by atoms with Crippen molar-refractivity contribution in [3.05, 3.63) is 39.6 Å². The minimum Gasteiger partial charge on any atom is -0.478 e. The zero-order chi connectivity index (χ0) is 13.1. The Bertz CT molecular complexity index is 580. The van der Waals surface area contributed by atoms with Crippen molar-refractivity contribution in [1.82, 2.24) is 9.97 Å². The van der Waals surface area contributed by atoms with Gasteiger partial charge in [0.2, 0.25) is 0 Å². The van der Waals surface area contributed by atoms with Gasteiger partial charge in [-0.3, -0.25) is 4.98 Å². The molecule has 0 saturated heterocycles. The summed E-state index contributed by atoms with van der Waals surface area (Å²) >= 11 is 1.57. The van der Waals surface area contributed by atoms with Gasteiger partial charge in [-0.1, -0.05) is 0 Å². The predicted octanol–water partition coefficient (Wildman–Crippen LogP) is 2.47. The van der Waals surface area contributed by atoms with E-state index in [0.717, 1.165) is 16.4 Å². The average molecular weight is 263 g/mol. The molecule has 0 bridgehead atoms. The lowest BCUT2D eigenvalue weighted by molar-refractivity contribution is 0.0697. The van der Waals surface area contributed by atoms with Gasteiger partial charge in [-0.25, -0.2) is 9.78 Å². The summed E-state index contributed by atoms with van der Waals surface area (Å²) in [6.45, 7) is 4.27. The number of nitrogens with zero attached hydrogens (tertiary/aromatic N) is 2. The van der Waals surface area contributed by atoms with Crippen molar-refractivity contribution >= 4 is 23.0 Å². The van der Waals surface area contributed by atoms with Gasteiger partial charge in [0.05, 0.1) is 22.9 Å². The van der Waals surface area contributed by atoms with Crippen LogP contribution >= 0.6 is 11.3 Å². The fourth-order valence-corrected chi connectivity index (χ4v) is 2.16. The second kappa shape index (κ2) is 5.14. The van der Waals surface area contributed by atoms with Gasteiger partial charge in [0.25, 0.3) is 0 Å². The second-order valence-electron chi connectivity index (χ2n) is 3.89. The Hall–Kier alpha value is -1.95. The smallest absolute Gasteiger partial charge is 0.339 e. The van der Waals surface area contributed by atoms with Gasteiger partial charge in [-0.05, 0) is 19.9 Å². The molecule has 0 aromatic carbocycles. The van der Waals surface area contributed by atoms with Gasteiger partial charge >= 0.3 is 5.97 Å². The van der Waals surface area contributed by atoms with E-state index in [1.165, 1.54) is 6.20 Å². The van der Waals surface area contributed by atoms with E-state index < -0.39 is 5.97 Å². The van der Waals surface area contributed by atoms with Crippen LogP contribution < -0.4 is 5.32 Å². The van der Waals surface area contributed by atoms with Gasteiger partial charge in [-0.15, -0.1) is 11.3 Å². The van der Waals surface area contributed by atoms with Crippen LogP contribution in [0.5, 0.6) is 0 Å². The highest BCUT2D eigenvalue weighted by Crippen LogP contribution is 2.17. The van der Waals surface area contributed by atoms with Crippen molar-refractivity contribution in [2.45, 2.75) is 20.4 Å². The number of aromatic carboxylic acids is 1. The molecule has 2 rings (SSSR count). The van der Waals surface area contributed by atoms with Gasteiger partial charge in [0.1, 0.15) is 5.56 Å². The number of hydrogen-bond donors (Lipinski definition) is 2. The minimum absolute atomic E-state index is 0.174. The van der Waals surface area contributed by atoms with Crippen molar-refractivity contribution in [3.63, 3.8) is 0 Å². The molecule has 0 radical (unpaired) electrons. The first kappa shape index (κ1) is 12.5. The van der Waals surface area contributed by atoms with Crippen LogP contribution in [-0.2, 0) is 6.54 Å². The zero-order valence-electron chi connectivity index (χ0n) is 10.1. The lowest BCUT2D eigenvalue weighted by Crippen LogP contribution is -2.07. The van der Waals surface area contributed by atoms with Gasteiger partial charge in [0, 0.05) is 17.3 Å². The maximum absolute atomic E-state index is 11.1. The van der Waals surface area contributed by atoms with E-state index in [-0.39, 0.29) is 5.56 Å². The van der Waals surface area contributed by atoms with Crippen LogP contribution in [0.15, 0.2) is 17.6 Å². The molecule has 2 aromatic heterocycles. The molecular formula is C12H13N3O2S. The van der Waals surface area contributed by atoms with Crippen LogP contribution in [0, 0.1) is 13.8 Å². The molecule has 2 aromatic rings. The van der Waals surface area contributed by atoms with Crippen LogP contribution in [0.25, 0.3) is 0 Å². The molecule has 2 heterocycles. The van der Waals surface area contributed by atoms with E-state index in [9.17, 15) is 4.79 Å². The van der Waals surface area contributed by atoms with E-state index in [4.69, 9.17) is 5.11 Å². The number of nitrogens with one attached hydrogen (secondary N) is 1. The highest BCUT2D eigenvalue weighted by molar-refractivity contribution is 7.09. The summed E-state index contributed by atoms with van der Waals surface area (Å²) in [6, 6.07) is 1.72. The molecule has 0 spiro atoms. The molecule has 0 atom stereocenters. The van der Waals surface area contributed by atoms with E-state index in [0.29, 0.717) is 12.2 Å². The topological polar surface area (TPSA) is 75.1 Å². The van der Waals surface area contributed by atoms with Crippen LogP contribution in [-0.4, -0.2) is 21.0 Å². The molecule has 5 nitrogen and oxygen atoms in total. The summed E-state index contributed by atoms with van der Waals surface area (Å²) in [7, 11) is 0. The van der Waals surface area contributed by atoms with Crippen molar-refractivity contribution in [2.75, 3.05) is 5.32 Å². The van der Waals surface area contributed by atoms with Crippen LogP contribution in [0.3, 0.4) is 0 Å². The summed E-state index contributed by atoms with van der Waals surface area (Å²) in [5.41, 5.74) is 2.42. The number of thiazole rings is 1. The van der Waals surface area contributed by atoms with Gasteiger partial charge in [0.15, 0.2) is 0 Å². The Morgan fingerprint density at radius 2 is 2.28 bits per heavy atom. The lowest BCUT2D eigenvalue weighted by atomic mass is 10.2. The summed E-state index contributed by atoms with van der Waals surface area (Å²) in [4.78, 5) is 19.4. The largest absolute Gasteiger partial charge is 0.478 e. The molecule has 18 heavy (non-hydrogen) atoms. The Balaban J connectivity index is 2.17. The molecule has 0 aliphatic carbocycles. The monoisotopic (exact) mass is 263 g/mol. The lowest BCUT2D eigenvalue weighted by Gasteiger charge is -2.08. The average Bonchev–Trinajstić information content (AvgIpc) is 2.72. The third-order valence-corrected chi connectivity index (χ3v) is 3.22. The molecule has 0 aliphatic heterocycles. The fraction of sp³-hybridized carbons (Fsp3) is 0.250.